The number of nitrogens with two attached hydrogens (primary N) is 1. The summed E-state index contributed by atoms with van der Waals surface area (Å²) < 4.78 is 19.9. The summed E-state index contributed by atoms with van der Waals surface area (Å²) in [5.41, 5.74) is 3.85. The van der Waals surface area contributed by atoms with Gasteiger partial charge in [-0.3, -0.25) is 24.0 Å². The van der Waals surface area contributed by atoms with Crippen LogP contribution >= 0.6 is 12.4 Å². The maximum Gasteiger partial charge on any atom is 0.410 e. The van der Waals surface area contributed by atoms with Crippen molar-refractivity contribution in [2.24, 2.45) is 29.4 Å². The number of amides is 5. The lowest BCUT2D eigenvalue weighted by Crippen LogP contribution is -2.50. The Morgan fingerprint density at radius 1 is 0.512 bits per heavy atom. The monoisotopic (exact) mass is 1160 g/mol. The maximum atomic E-state index is 12.0. The van der Waals surface area contributed by atoms with Crippen molar-refractivity contribution in [1.29, 1.82) is 0 Å². The van der Waals surface area contributed by atoms with Crippen molar-refractivity contribution in [3.05, 3.63) is 0 Å². The van der Waals surface area contributed by atoms with Crippen LogP contribution in [0.3, 0.4) is 0 Å². The van der Waals surface area contributed by atoms with E-state index < -0.39 is 28.7 Å². The average molecular weight is 1160 g/mol. The molecule has 3 heterocycles. The summed E-state index contributed by atoms with van der Waals surface area (Å²) in [7, 11) is 0. The van der Waals surface area contributed by atoms with E-state index in [0.29, 0.717) is 74.8 Å². The molecule has 4 fully saturated rings. The van der Waals surface area contributed by atoms with Gasteiger partial charge in [0.25, 0.3) is 0 Å². The van der Waals surface area contributed by atoms with Crippen LogP contribution in [0.15, 0.2) is 0 Å². The maximum absolute atomic E-state index is 12.0. The molecule has 20 heteroatoms. The third kappa shape index (κ3) is 42.6. The van der Waals surface area contributed by atoms with Gasteiger partial charge in [0, 0.05) is 111 Å². The normalized spacial score (nSPS) is 16.3. The first-order chi connectivity index (χ1) is 36.3. The molecule has 19 nitrogen and oxygen atoms in total. The quantitative estimate of drug-likeness (QED) is 0.118. The van der Waals surface area contributed by atoms with E-state index in [1.54, 1.807) is 23.6 Å². The molecule has 1 aliphatic carbocycles. The molecule has 1 saturated carbocycles. The highest BCUT2D eigenvalue weighted by molar-refractivity contribution is 5.85. The number of rotatable bonds is 10. The molecule has 470 valence electrons. The lowest BCUT2D eigenvalue weighted by atomic mass is 9.93. The van der Waals surface area contributed by atoms with Gasteiger partial charge in [-0.15, -0.1) is 12.4 Å². The number of piperidine rings is 3. The van der Waals surface area contributed by atoms with Crippen LogP contribution in [0.2, 0.25) is 0 Å². The highest BCUT2D eigenvalue weighted by atomic mass is 35.5. The van der Waals surface area contributed by atoms with E-state index >= 15 is 0 Å². The van der Waals surface area contributed by atoms with Gasteiger partial charge >= 0.3 is 30.2 Å². The predicted octanol–water partition coefficient (Wildman–Crippen LogP) is 11.1. The first kappa shape index (κ1) is 80.0. The Kier molecular flexibility index (Phi) is 40.9. The number of carbonyl (C=O) groups is 8. The molecule has 0 radical (unpaired) electrons. The van der Waals surface area contributed by atoms with Crippen molar-refractivity contribution in [3.63, 3.8) is 0 Å². The van der Waals surface area contributed by atoms with Crippen LogP contribution in [0.5, 0.6) is 0 Å². The van der Waals surface area contributed by atoms with E-state index in [1.165, 1.54) is 46.0 Å². The summed E-state index contributed by atoms with van der Waals surface area (Å²) in [5, 5.41) is 3.55. The summed E-state index contributed by atoms with van der Waals surface area (Å²) in [6.07, 6.45) is 10.2. The first-order valence-corrected chi connectivity index (χ1v) is 29.4. The molecule has 3 aliphatic heterocycles. The van der Waals surface area contributed by atoms with E-state index in [2.05, 4.69) is 70.3 Å². The third-order valence-electron chi connectivity index (χ3n) is 12.2. The van der Waals surface area contributed by atoms with Crippen LogP contribution in [0.1, 0.15) is 216 Å². The Morgan fingerprint density at radius 3 is 1.09 bits per heavy atom. The van der Waals surface area contributed by atoms with Crippen LogP contribution in [-0.2, 0) is 42.9 Å². The van der Waals surface area contributed by atoms with Gasteiger partial charge in [0.05, 0.1) is 0 Å². The van der Waals surface area contributed by atoms with Crippen LogP contribution < -0.4 is 11.1 Å². The van der Waals surface area contributed by atoms with Gasteiger partial charge < -0.3 is 54.5 Å². The zero-order valence-corrected chi connectivity index (χ0v) is 54.8. The molecule has 0 atom stereocenters. The predicted molar refractivity (Wildman–Crippen MR) is 321 cm³/mol. The van der Waals surface area contributed by atoms with Crippen LogP contribution in [0, 0.1) is 23.7 Å². The highest BCUT2D eigenvalue weighted by Gasteiger charge is 2.32. The number of nitrogens with one attached hydrogen (secondary N) is 1. The number of Topliss-reactive ketones (excluding diaryl/α,β-unsaturated/α-hetero) is 1. The Bertz CT molecular complexity index is 1770. The minimum Gasteiger partial charge on any atom is -0.444 e. The molecular weight excluding hydrogens is 1050 g/mol. The summed E-state index contributed by atoms with van der Waals surface area (Å²) in [4.78, 5) is 98.5. The Hall–Kier alpha value is -4.23. The Balaban J connectivity index is -0.000000929. The smallest absolute Gasteiger partial charge is 0.410 e. The van der Waals surface area contributed by atoms with Crippen LogP contribution in [-0.4, -0.2) is 173 Å². The van der Waals surface area contributed by atoms with Gasteiger partial charge in [0.15, 0.2) is 0 Å². The molecule has 0 bridgehead atoms. The number of ketones is 1. The van der Waals surface area contributed by atoms with Gasteiger partial charge in [0.2, 0.25) is 11.8 Å². The van der Waals surface area contributed by atoms with Crippen molar-refractivity contribution < 1.29 is 57.3 Å². The summed E-state index contributed by atoms with van der Waals surface area (Å²) in [6.45, 7) is 47.2. The zero-order chi connectivity index (χ0) is 61.4. The van der Waals surface area contributed by atoms with Gasteiger partial charge in [-0.2, -0.15) is 0 Å². The van der Waals surface area contributed by atoms with Crippen molar-refractivity contribution in [1.82, 2.24) is 29.8 Å². The molecule has 4 aliphatic rings. The molecule has 0 aromatic rings. The minimum absolute atomic E-state index is 0. The molecule has 5 amide bonds. The average Bonchev–Trinajstić information content (AvgIpc) is 3.31. The number of carbonyl (C=O) groups excluding carboxylic acids is 8. The van der Waals surface area contributed by atoms with Gasteiger partial charge in [0.1, 0.15) is 22.6 Å². The van der Waals surface area contributed by atoms with E-state index in [-0.39, 0.29) is 54.3 Å². The molecule has 3 N–H and O–H groups in total. The minimum atomic E-state index is -0.562. The second-order valence-electron chi connectivity index (χ2n) is 25.9. The molecule has 0 spiro atoms. The van der Waals surface area contributed by atoms with Crippen LogP contribution in [0.4, 0.5) is 14.4 Å². The Morgan fingerprint density at radius 2 is 0.825 bits per heavy atom. The van der Waals surface area contributed by atoms with Gasteiger partial charge in [-0.25, -0.2) is 14.4 Å². The second kappa shape index (κ2) is 40.9. The first-order valence-electron chi connectivity index (χ1n) is 29.4. The molecule has 4 rings (SSSR count). The van der Waals surface area contributed by atoms with E-state index in [4.69, 9.17) is 19.9 Å². The van der Waals surface area contributed by atoms with Gasteiger partial charge in [-0.1, -0.05) is 74.7 Å². The third-order valence-corrected chi connectivity index (χ3v) is 12.2. The largest absolute Gasteiger partial charge is 0.444 e. The lowest BCUT2D eigenvalue weighted by molar-refractivity contribution is -0.156. The number of nitrogens with zero attached hydrogens (tertiary/aromatic N) is 5. The van der Waals surface area contributed by atoms with E-state index in [9.17, 15) is 38.4 Å². The second-order valence-corrected chi connectivity index (χ2v) is 25.9. The van der Waals surface area contributed by atoms with Crippen molar-refractivity contribution >= 4 is 60.2 Å². The molecule has 80 heavy (non-hydrogen) atoms. The number of halogens is 1. The number of ether oxygens (including phenoxy) is 4. The fourth-order valence-corrected chi connectivity index (χ4v) is 8.40. The SMILES string of the molecule is CC(=O)N(CC(C)C)C1CCCCC1.CC(=O)N(CC(C)C)C1CCN(C(=O)OC(C)(C)C)CC1.CC(=O)OC(C)=O.CC(C)(C)OC(=O)N1CCC(=O)CC1.CC(C)CN.CC(C)CNC1CCN(C(=O)OC(C)(C)C)CC1.Cl. The fourth-order valence-electron chi connectivity index (χ4n) is 8.40. The topological polar surface area (TPSA) is 228 Å². The van der Waals surface area contributed by atoms with E-state index in [0.717, 1.165) is 65.0 Å². The number of esters is 2. The molecule has 0 aromatic carbocycles. The molecule has 0 aromatic heterocycles. The summed E-state index contributed by atoms with van der Waals surface area (Å²) in [6, 6.07) is 1.32. The van der Waals surface area contributed by atoms with Crippen molar-refractivity contribution in [2.45, 2.75) is 251 Å². The lowest BCUT2D eigenvalue weighted by Gasteiger charge is -2.39. The number of likely N-dealkylation sites (tertiary alicyclic amines) is 3. The number of hydrogen-bond donors (Lipinski definition) is 2. The molecular formula is C60H116ClN7O12. The van der Waals surface area contributed by atoms with Crippen molar-refractivity contribution in [3.8, 4) is 0 Å². The zero-order valence-electron chi connectivity index (χ0n) is 54.0. The molecule has 0 unspecified atom stereocenters. The number of hydrogen-bond acceptors (Lipinski definition) is 14. The summed E-state index contributed by atoms with van der Waals surface area (Å²) >= 11 is 0. The van der Waals surface area contributed by atoms with Gasteiger partial charge in [-0.05, 0) is 138 Å². The van der Waals surface area contributed by atoms with E-state index in [1.807, 2.05) is 72.1 Å². The fraction of sp³-hybridized carbons (Fsp3) is 0.867. The van der Waals surface area contributed by atoms with Crippen LogP contribution in [0.25, 0.3) is 0 Å². The summed E-state index contributed by atoms with van der Waals surface area (Å²) in [5.74, 6) is 1.86. The standard InChI is InChI=1S/C16H30N2O3.C14H28N2O2.C12H23NO.C10H17NO3.C4H11N.C4H6O3.ClH/c1-12(2)11-18(13(3)19)14-7-9-17(10-8-14)15(20)21-16(4,5)6;1-11(2)10-15-12-6-8-16(9-7-12)13(17)18-14(3,4)5;1-10(2)9-13(11(3)14)12-7-5-4-6-8-12;1-10(2,3)14-9(13)11-6-4-8(12)5-7-11;1-4(2)3-5;1-3(5)7-4(2)6;/h12,14H,7-11H2,1-6H3;11-12,15H,6-10H2,1-5H3;10,12H,4-9H2,1-3H3;4-7H2,1-3H3;4H,3,5H2,1-2H3;1-2H3;1H. The molecule has 3 saturated heterocycles. The Labute approximate surface area is 491 Å². The highest BCUT2D eigenvalue weighted by Crippen LogP contribution is 2.24. The van der Waals surface area contributed by atoms with Crippen molar-refractivity contribution in [2.75, 3.05) is 65.4 Å².